The van der Waals surface area contributed by atoms with E-state index in [9.17, 15) is 12.8 Å². The predicted molar refractivity (Wildman–Crippen MR) is 112 cm³/mol. The molecule has 1 aromatic carbocycles. The summed E-state index contributed by atoms with van der Waals surface area (Å²) in [7, 11) is -3.74. The number of nitrogens with zero attached hydrogens (tertiary/aromatic N) is 5. The molecular formula is C19H18ClFN6O2S. The number of anilines is 3. The minimum Gasteiger partial charge on any atom is -0.352 e. The largest absolute Gasteiger partial charge is 0.352 e. The van der Waals surface area contributed by atoms with Crippen LogP contribution < -0.4 is 10.2 Å². The number of sulfonamides is 1. The van der Waals surface area contributed by atoms with E-state index in [4.69, 9.17) is 11.6 Å². The second-order valence-electron chi connectivity index (χ2n) is 6.61. The summed E-state index contributed by atoms with van der Waals surface area (Å²) < 4.78 is 40.3. The molecule has 8 nitrogen and oxygen atoms in total. The Kier molecular flexibility index (Phi) is 5.80. The summed E-state index contributed by atoms with van der Waals surface area (Å²) in [4.78, 5) is 5.97. The third-order valence-electron chi connectivity index (χ3n) is 4.68. The molecule has 1 aliphatic heterocycles. The molecular weight excluding hydrogens is 431 g/mol. The smallest absolute Gasteiger partial charge is 0.243 e. The molecule has 1 saturated heterocycles. The Morgan fingerprint density at radius 3 is 2.47 bits per heavy atom. The van der Waals surface area contributed by atoms with Crippen molar-refractivity contribution in [3.8, 4) is 0 Å². The molecule has 0 unspecified atom stereocenters. The van der Waals surface area contributed by atoms with E-state index in [1.807, 2.05) is 23.1 Å². The van der Waals surface area contributed by atoms with Gasteiger partial charge in [0.05, 0.1) is 21.8 Å². The fourth-order valence-corrected chi connectivity index (χ4v) is 4.78. The molecule has 156 valence electrons. The minimum atomic E-state index is -3.74. The van der Waals surface area contributed by atoms with Crippen LogP contribution in [0.1, 0.15) is 0 Å². The number of pyridine rings is 1. The molecule has 3 aromatic rings. The Labute approximate surface area is 178 Å². The Hall–Kier alpha value is -2.82. The number of aromatic nitrogens is 3. The van der Waals surface area contributed by atoms with Gasteiger partial charge in [0.25, 0.3) is 0 Å². The van der Waals surface area contributed by atoms with E-state index in [0.29, 0.717) is 24.7 Å². The highest BCUT2D eigenvalue weighted by molar-refractivity contribution is 7.89. The van der Waals surface area contributed by atoms with Crippen molar-refractivity contribution in [2.75, 3.05) is 36.4 Å². The normalized spacial score (nSPS) is 15.2. The van der Waals surface area contributed by atoms with Crippen molar-refractivity contribution in [3.05, 3.63) is 65.7 Å². The van der Waals surface area contributed by atoms with Gasteiger partial charge in [0.15, 0.2) is 11.6 Å². The van der Waals surface area contributed by atoms with E-state index in [0.717, 1.165) is 17.8 Å². The van der Waals surface area contributed by atoms with Gasteiger partial charge in [-0.2, -0.15) is 4.31 Å². The number of halogens is 2. The average molecular weight is 449 g/mol. The lowest BCUT2D eigenvalue weighted by molar-refractivity contribution is 0.383. The monoisotopic (exact) mass is 448 g/mol. The molecule has 11 heteroatoms. The molecule has 1 aliphatic rings. The van der Waals surface area contributed by atoms with Crippen molar-refractivity contribution in [1.82, 2.24) is 19.5 Å². The first-order valence-electron chi connectivity index (χ1n) is 9.14. The van der Waals surface area contributed by atoms with Crippen LogP contribution in [-0.2, 0) is 10.0 Å². The number of hydrogen-bond acceptors (Lipinski definition) is 7. The van der Waals surface area contributed by atoms with E-state index in [2.05, 4.69) is 20.5 Å². The van der Waals surface area contributed by atoms with Gasteiger partial charge in [-0.3, -0.25) is 4.98 Å². The molecule has 0 saturated carbocycles. The standard InChI is InChI=1S/C19H18ClFN6O2S/c20-16-12-15(3-4-17(16)21)30(28,29)27-10-8-26(9-11-27)19-6-5-18(24-25-19)23-14-2-1-7-22-13-14/h1-7,12-13H,8-11H2,(H,23,24). The van der Waals surface area contributed by atoms with E-state index in [-0.39, 0.29) is 23.0 Å². The maximum Gasteiger partial charge on any atom is 0.243 e. The lowest BCUT2D eigenvalue weighted by Crippen LogP contribution is -2.49. The zero-order chi connectivity index (χ0) is 21.1. The van der Waals surface area contributed by atoms with Crippen molar-refractivity contribution in [2.45, 2.75) is 4.90 Å². The Morgan fingerprint density at radius 2 is 1.83 bits per heavy atom. The van der Waals surface area contributed by atoms with Crippen molar-refractivity contribution in [1.29, 1.82) is 0 Å². The zero-order valence-corrected chi connectivity index (χ0v) is 17.3. The second-order valence-corrected chi connectivity index (χ2v) is 8.96. The number of piperazine rings is 1. The summed E-state index contributed by atoms with van der Waals surface area (Å²) in [5.74, 6) is 0.593. The maximum absolute atomic E-state index is 13.4. The molecule has 0 atom stereocenters. The summed E-state index contributed by atoms with van der Waals surface area (Å²) in [6.45, 7) is 1.46. The Balaban J connectivity index is 1.40. The van der Waals surface area contributed by atoms with Crippen LogP contribution in [0.4, 0.5) is 21.7 Å². The molecule has 1 fully saturated rings. The van der Waals surface area contributed by atoms with Gasteiger partial charge in [-0.1, -0.05) is 11.6 Å². The number of hydrogen-bond donors (Lipinski definition) is 1. The van der Waals surface area contributed by atoms with E-state index in [1.54, 1.807) is 18.5 Å². The molecule has 2 aromatic heterocycles. The fourth-order valence-electron chi connectivity index (χ4n) is 3.09. The van der Waals surface area contributed by atoms with Gasteiger partial charge < -0.3 is 10.2 Å². The summed E-state index contributed by atoms with van der Waals surface area (Å²) in [6.07, 6.45) is 3.37. The molecule has 3 heterocycles. The van der Waals surface area contributed by atoms with Gasteiger partial charge in [0.2, 0.25) is 10.0 Å². The predicted octanol–water partition coefficient (Wildman–Crippen LogP) is 2.92. The lowest BCUT2D eigenvalue weighted by atomic mass is 10.3. The van der Waals surface area contributed by atoms with Gasteiger partial charge in [-0.25, -0.2) is 12.8 Å². The minimum absolute atomic E-state index is 0.0204. The van der Waals surface area contributed by atoms with E-state index < -0.39 is 15.8 Å². The van der Waals surface area contributed by atoms with Crippen LogP contribution in [0.2, 0.25) is 5.02 Å². The van der Waals surface area contributed by atoms with Crippen LogP contribution in [0.3, 0.4) is 0 Å². The fraction of sp³-hybridized carbons (Fsp3) is 0.211. The topological polar surface area (TPSA) is 91.3 Å². The third-order valence-corrected chi connectivity index (χ3v) is 6.86. The van der Waals surface area contributed by atoms with Crippen LogP contribution in [-0.4, -0.2) is 54.1 Å². The molecule has 0 amide bonds. The number of benzene rings is 1. The van der Waals surface area contributed by atoms with Crippen LogP contribution >= 0.6 is 11.6 Å². The van der Waals surface area contributed by atoms with Crippen molar-refractivity contribution in [3.63, 3.8) is 0 Å². The third kappa shape index (κ3) is 4.35. The zero-order valence-electron chi connectivity index (χ0n) is 15.7. The summed E-state index contributed by atoms with van der Waals surface area (Å²) in [6, 6.07) is 10.7. The van der Waals surface area contributed by atoms with Crippen LogP contribution in [0.25, 0.3) is 0 Å². The molecule has 0 bridgehead atoms. The van der Waals surface area contributed by atoms with Crippen LogP contribution in [0.5, 0.6) is 0 Å². The molecule has 30 heavy (non-hydrogen) atoms. The quantitative estimate of drug-likeness (QED) is 0.641. The van der Waals surface area contributed by atoms with Gasteiger partial charge in [-0.15, -0.1) is 10.2 Å². The van der Waals surface area contributed by atoms with Crippen molar-refractivity contribution >= 4 is 38.9 Å². The maximum atomic E-state index is 13.4. The SMILES string of the molecule is O=S(=O)(c1ccc(F)c(Cl)c1)N1CCN(c2ccc(Nc3cccnc3)nn2)CC1. The molecule has 0 radical (unpaired) electrons. The Bertz CT molecular complexity index is 1120. The summed E-state index contributed by atoms with van der Waals surface area (Å²) >= 11 is 5.74. The lowest BCUT2D eigenvalue weighted by Gasteiger charge is -2.34. The summed E-state index contributed by atoms with van der Waals surface area (Å²) in [5.41, 5.74) is 0.805. The van der Waals surface area contributed by atoms with Gasteiger partial charge in [0.1, 0.15) is 5.82 Å². The molecule has 0 spiro atoms. The van der Waals surface area contributed by atoms with Gasteiger partial charge in [-0.05, 0) is 42.5 Å². The van der Waals surface area contributed by atoms with E-state index >= 15 is 0 Å². The van der Waals surface area contributed by atoms with Crippen molar-refractivity contribution in [2.24, 2.45) is 0 Å². The molecule has 4 rings (SSSR count). The average Bonchev–Trinajstić information content (AvgIpc) is 2.77. The van der Waals surface area contributed by atoms with E-state index in [1.165, 1.54) is 10.4 Å². The highest BCUT2D eigenvalue weighted by atomic mass is 35.5. The highest BCUT2D eigenvalue weighted by Gasteiger charge is 2.29. The molecule has 0 aliphatic carbocycles. The Morgan fingerprint density at radius 1 is 1.03 bits per heavy atom. The number of rotatable bonds is 5. The van der Waals surface area contributed by atoms with Gasteiger partial charge >= 0.3 is 0 Å². The first kappa shape index (κ1) is 20.5. The van der Waals surface area contributed by atoms with Crippen LogP contribution in [0.15, 0.2) is 59.8 Å². The van der Waals surface area contributed by atoms with Crippen LogP contribution in [0, 0.1) is 5.82 Å². The number of nitrogens with one attached hydrogen (secondary N) is 1. The second kappa shape index (κ2) is 8.50. The summed E-state index contributed by atoms with van der Waals surface area (Å²) in [5, 5.41) is 11.3. The first-order chi connectivity index (χ1) is 14.4. The first-order valence-corrected chi connectivity index (χ1v) is 11.0. The van der Waals surface area contributed by atoms with Gasteiger partial charge in [0, 0.05) is 32.4 Å². The highest BCUT2D eigenvalue weighted by Crippen LogP contribution is 2.24. The molecule has 1 N–H and O–H groups in total. The van der Waals surface area contributed by atoms with Crippen molar-refractivity contribution < 1.29 is 12.8 Å².